The number of aryl methyl sites for hydroxylation is 1. The van der Waals surface area contributed by atoms with Crippen LogP contribution in [0.15, 0.2) is 51.7 Å². The molecule has 0 aliphatic carbocycles. The number of phenolic OH excluding ortho intramolecular Hbond substituents is 1. The summed E-state index contributed by atoms with van der Waals surface area (Å²) in [4.78, 5) is 15.1. The van der Waals surface area contributed by atoms with Crippen LogP contribution in [0.2, 0.25) is 0 Å². The third-order valence-corrected chi connectivity index (χ3v) is 7.37. The van der Waals surface area contributed by atoms with E-state index >= 15 is 0 Å². The van der Waals surface area contributed by atoms with E-state index in [2.05, 4.69) is 0 Å². The molecule has 6 nitrogen and oxygen atoms in total. The molecule has 0 radical (unpaired) electrons. The van der Waals surface area contributed by atoms with E-state index in [-0.39, 0.29) is 35.3 Å². The Kier molecular flexibility index (Phi) is 4.96. The molecule has 1 atom stereocenters. The van der Waals surface area contributed by atoms with Crippen LogP contribution in [0.4, 0.5) is 0 Å². The first-order valence-electron chi connectivity index (χ1n) is 9.51. The van der Waals surface area contributed by atoms with Crippen LogP contribution in [-0.4, -0.2) is 43.0 Å². The van der Waals surface area contributed by atoms with Crippen molar-refractivity contribution in [2.24, 2.45) is 0 Å². The molecule has 7 heteroatoms. The topological polar surface area (TPSA) is 87.8 Å². The largest absolute Gasteiger partial charge is 0.507 e. The molecule has 4 rings (SSSR count). The van der Waals surface area contributed by atoms with E-state index in [0.29, 0.717) is 34.3 Å². The van der Waals surface area contributed by atoms with Crippen LogP contribution in [0.1, 0.15) is 17.7 Å². The molecule has 1 aromatic heterocycles. The van der Waals surface area contributed by atoms with Gasteiger partial charge in [-0.1, -0.05) is 30.3 Å². The number of aromatic hydroxyl groups is 1. The molecule has 1 saturated heterocycles. The van der Waals surface area contributed by atoms with Crippen molar-refractivity contribution in [1.82, 2.24) is 4.90 Å². The van der Waals surface area contributed by atoms with Gasteiger partial charge < -0.3 is 9.52 Å². The van der Waals surface area contributed by atoms with Gasteiger partial charge in [0.1, 0.15) is 17.1 Å². The molecule has 0 unspecified atom stereocenters. The van der Waals surface area contributed by atoms with Gasteiger partial charge in [-0.05, 0) is 38.1 Å². The van der Waals surface area contributed by atoms with Gasteiger partial charge in [0, 0.05) is 12.6 Å². The molecule has 1 N–H and O–H groups in total. The lowest BCUT2D eigenvalue weighted by molar-refractivity contribution is 0.250. The van der Waals surface area contributed by atoms with Crippen molar-refractivity contribution in [2.45, 2.75) is 25.9 Å². The quantitative estimate of drug-likeness (QED) is 0.707. The normalized spacial score (nSPS) is 18.5. The first kappa shape index (κ1) is 19.7. The van der Waals surface area contributed by atoms with Crippen molar-refractivity contribution in [3.63, 3.8) is 0 Å². The van der Waals surface area contributed by atoms with Gasteiger partial charge in [-0.2, -0.15) is 0 Å². The minimum absolute atomic E-state index is 0.0280. The summed E-state index contributed by atoms with van der Waals surface area (Å²) in [5, 5.41) is 10.9. The maximum absolute atomic E-state index is 13.2. The van der Waals surface area contributed by atoms with E-state index in [0.717, 1.165) is 5.56 Å². The van der Waals surface area contributed by atoms with Crippen molar-refractivity contribution in [2.75, 3.05) is 18.6 Å². The Hall–Kier alpha value is -2.64. The third-order valence-electron chi connectivity index (χ3n) is 5.62. The molecule has 0 amide bonds. The van der Waals surface area contributed by atoms with Crippen LogP contribution in [0.3, 0.4) is 0 Å². The summed E-state index contributed by atoms with van der Waals surface area (Å²) in [7, 11) is -1.19. The molecular formula is C22H23NO5S. The molecule has 0 bridgehead atoms. The maximum Gasteiger partial charge on any atom is 0.200 e. The monoisotopic (exact) mass is 413 g/mol. The second-order valence-electron chi connectivity index (χ2n) is 7.64. The van der Waals surface area contributed by atoms with Crippen LogP contribution < -0.4 is 5.43 Å². The Bertz CT molecular complexity index is 1230. The predicted octanol–water partition coefficient (Wildman–Crippen LogP) is 3.09. The number of phenols is 1. The van der Waals surface area contributed by atoms with Gasteiger partial charge in [0.05, 0.1) is 28.0 Å². The SMILES string of the molecule is Cc1oc2c(CN(C)[C@H]3CCS(=O)(=O)C3)c(O)ccc2c(=O)c1-c1ccccc1. The summed E-state index contributed by atoms with van der Waals surface area (Å²) in [6.45, 7) is 2.03. The Balaban J connectivity index is 1.79. The van der Waals surface area contributed by atoms with Gasteiger partial charge >= 0.3 is 0 Å². The zero-order valence-electron chi connectivity index (χ0n) is 16.4. The highest BCUT2D eigenvalue weighted by Crippen LogP contribution is 2.32. The van der Waals surface area contributed by atoms with Gasteiger partial charge in [-0.25, -0.2) is 8.42 Å². The Morgan fingerprint density at radius 3 is 2.55 bits per heavy atom. The molecule has 1 fully saturated rings. The summed E-state index contributed by atoms with van der Waals surface area (Å²) in [6.07, 6.45) is 0.561. The second kappa shape index (κ2) is 7.31. The molecule has 29 heavy (non-hydrogen) atoms. The fraction of sp³-hybridized carbons (Fsp3) is 0.318. The highest BCUT2D eigenvalue weighted by Gasteiger charge is 2.31. The summed E-state index contributed by atoms with van der Waals surface area (Å²) in [5.74, 6) is 0.792. The van der Waals surface area contributed by atoms with Crippen LogP contribution >= 0.6 is 0 Å². The molecule has 1 aliphatic rings. The smallest absolute Gasteiger partial charge is 0.200 e. The fourth-order valence-corrected chi connectivity index (χ4v) is 5.81. The number of hydrogen-bond acceptors (Lipinski definition) is 6. The van der Waals surface area contributed by atoms with Crippen molar-refractivity contribution in [3.8, 4) is 16.9 Å². The van der Waals surface area contributed by atoms with Gasteiger partial charge in [-0.15, -0.1) is 0 Å². The minimum Gasteiger partial charge on any atom is -0.507 e. The first-order chi connectivity index (χ1) is 13.8. The Morgan fingerprint density at radius 2 is 1.90 bits per heavy atom. The van der Waals surface area contributed by atoms with Gasteiger partial charge in [0.15, 0.2) is 9.84 Å². The van der Waals surface area contributed by atoms with Crippen molar-refractivity contribution >= 4 is 20.8 Å². The number of hydrogen-bond donors (Lipinski definition) is 1. The molecule has 1 aliphatic heterocycles. The Labute approximate surface area is 169 Å². The van der Waals surface area contributed by atoms with Crippen LogP contribution in [0, 0.1) is 6.92 Å². The van der Waals surface area contributed by atoms with Crippen LogP contribution in [0.5, 0.6) is 5.75 Å². The standard InChI is InChI=1S/C22H23NO5S/c1-14-20(15-6-4-3-5-7-15)21(25)17-8-9-19(24)18(22(17)28-14)12-23(2)16-10-11-29(26,27)13-16/h3-9,16,24H,10-13H2,1-2H3/t16-/m0/s1. The first-order valence-corrected chi connectivity index (χ1v) is 11.3. The third kappa shape index (κ3) is 3.68. The number of rotatable bonds is 4. The van der Waals surface area contributed by atoms with E-state index in [1.54, 1.807) is 13.0 Å². The average molecular weight is 413 g/mol. The summed E-state index contributed by atoms with van der Waals surface area (Å²) < 4.78 is 29.6. The summed E-state index contributed by atoms with van der Waals surface area (Å²) in [5.41, 5.74) is 1.98. The zero-order valence-corrected chi connectivity index (χ0v) is 17.2. The predicted molar refractivity (Wildman–Crippen MR) is 113 cm³/mol. The van der Waals surface area contributed by atoms with E-state index in [1.807, 2.05) is 42.3 Å². The van der Waals surface area contributed by atoms with Crippen LogP contribution in [-0.2, 0) is 16.4 Å². The van der Waals surface area contributed by atoms with Gasteiger partial charge in [0.2, 0.25) is 5.43 Å². The second-order valence-corrected chi connectivity index (χ2v) is 9.87. The molecule has 2 aromatic carbocycles. The van der Waals surface area contributed by atoms with E-state index in [4.69, 9.17) is 4.42 Å². The zero-order chi connectivity index (χ0) is 20.8. The lowest BCUT2D eigenvalue weighted by atomic mass is 10.0. The maximum atomic E-state index is 13.2. The number of sulfone groups is 1. The number of fused-ring (bicyclic) bond motifs is 1. The van der Waals surface area contributed by atoms with Crippen molar-refractivity contribution < 1.29 is 17.9 Å². The molecule has 0 saturated carbocycles. The van der Waals surface area contributed by atoms with E-state index < -0.39 is 9.84 Å². The van der Waals surface area contributed by atoms with Gasteiger partial charge in [-0.3, -0.25) is 9.69 Å². The molecular weight excluding hydrogens is 390 g/mol. The molecule has 3 aromatic rings. The molecule has 152 valence electrons. The van der Waals surface area contributed by atoms with Crippen molar-refractivity contribution in [3.05, 3.63) is 64.0 Å². The highest BCUT2D eigenvalue weighted by molar-refractivity contribution is 7.91. The lowest BCUT2D eigenvalue weighted by Gasteiger charge is -2.24. The lowest BCUT2D eigenvalue weighted by Crippen LogP contribution is -2.32. The molecule has 0 spiro atoms. The highest BCUT2D eigenvalue weighted by atomic mass is 32.2. The van der Waals surface area contributed by atoms with E-state index in [1.165, 1.54) is 6.07 Å². The summed E-state index contributed by atoms with van der Waals surface area (Å²) >= 11 is 0. The Morgan fingerprint density at radius 1 is 1.17 bits per heavy atom. The molecule has 2 heterocycles. The number of nitrogens with zero attached hydrogens (tertiary/aromatic N) is 1. The average Bonchev–Trinajstić information content (AvgIpc) is 3.05. The minimum atomic E-state index is -3.01. The fourth-order valence-electron chi connectivity index (χ4n) is 4.00. The number of benzene rings is 2. The summed E-state index contributed by atoms with van der Waals surface area (Å²) in [6, 6.07) is 12.3. The van der Waals surface area contributed by atoms with E-state index in [9.17, 15) is 18.3 Å². The van der Waals surface area contributed by atoms with Crippen LogP contribution in [0.25, 0.3) is 22.1 Å². The van der Waals surface area contributed by atoms with Gasteiger partial charge in [0.25, 0.3) is 0 Å². The van der Waals surface area contributed by atoms with Crippen molar-refractivity contribution in [1.29, 1.82) is 0 Å².